The Balaban J connectivity index is 1.37. The Kier molecular flexibility index (Phi) is 6.30. The van der Waals surface area contributed by atoms with Crippen LogP contribution < -0.4 is 10.9 Å². The summed E-state index contributed by atoms with van der Waals surface area (Å²) >= 11 is 2.98. The van der Waals surface area contributed by atoms with Crippen molar-refractivity contribution in [2.24, 2.45) is 0 Å². The molecule has 152 valence electrons. The third-order valence-electron chi connectivity index (χ3n) is 5.05. The minimum absolute atomic E-state index is 0.0595. The van der Waals surface area contributed by atoms with Crippen LogP contribution in [0.25, 0.3) is 4.96 Å². The number of hydrogen-bond acceptors (Lipinski definition) is 6. The molecule has 1 saturated carbocycles. The number of carbonyl (C=O) groups is 1. The number of nitrogens with zero attached hydrogens (tertiary/aromatic N) is 3. The molecule has 1 aliphatic rings. The van der Waals surface area contributed by atoms with Crippen molar-refractivity contribution in [3.8, 4) is 0 Å². The van der Waals surface area contributed by atoms with Crippen molar-refractivity contribution >= 4 is 39.7 Å². The van der Waals surface area contributed by atoms with Crippen LogP contribution in [0.2, 0.25) is 0 Å². The molecule has 1 amide bonds. The molecule has 0 unspecified atom stereocenters. The maximum Gasteiger partial charge on any atom is 0.275 e. The van der Waals surface area contributed by atoms with Crippen LogP contribution in [0.3, 0.4) is 0 Å². The molecule has 29 heavy (non-hydrogen) atoms. The third kappa shape index (κ3) is 5.05. The Morgan fingerprint density at radius 3 is 2.90 bits per heavy atom. The van der Waals surface area contributed by atoms with Gasteiger partial charge in [0.1, 0.15) is 5.01 Å². The molecule has 6 nitrogen and oxygen atoms in total. The minimum atomic E-state index is -0.145. The van der Waals surface area contributed by atoms with Crippen molar-refractivity contribution in [1.29, 1.82) is 0 Å². The zero-order valence-electron chi connectivity index (χ0n) is 16.4. The van der Waals surface area contributed by atoms with Crippen LogP contribution in [0.4, 0.5) is 5.69 Å². The lowest BCUT2D eigenvalue weighted by molar-refractivity contribution is -0.113. The van der Waals surface area contributed by atoms with E-state index in [0.29, 0.717) is 28.1 Å². The van der Waals surface area contributed by atoms with Gasteiger partial charge in [-0.15, -0.1) is 11.8 Å². The number of thioether (sulfide) groups is 1. The second-order valence-corrected chi connectivity index (χ2v) is 9.44. The molecule has 1 fully saturated rings. The van der Waals surface area contributed by atoms with Crippen LogP contribution >= 0.6 is 23.1 Å². The topological polar surface area (TPSA) is 76.4 Å². The number of anilines is 1. The van der Waals surface area contributed by atoms with Crippen molar-refractivity contribution in [2.45, 2.75) is 50.7 Å². The maximum atomic E-state index is 12.4. The Labute approximate surface area is 177 Å². The molecular weight excluding hydrogens is 404 g/mol. The summed E-state index contributed by atoms with van der Waals surface area (Å²) in [6.45, 7) is 1.99. The van der Waals surface area contributed by atoms with E-state index < -0.39 is 0 Å². The first-order chi connectivity index (χ1) is 14.1. The zero-order chi connectivity index (χ0) is 20.2. The number of aryl methyl sites for hydroxylation is 1. The van der Waals surface area contributed by atoms with Crippen LogP contribution in [-0.4, -0.2) is 26.3 Å². The quantitative estimate of drug-likeness (QED) is 0.631. The summed E-state index contributed by atoms with van der Waals surface area (Å²) in [4.78, 5) is 29.9. The van der Waals surface area contributed by atoms with Gasteiger partial charge in [-0.05, 0) is 37.5 Å². The lowest BCUT2D eigenvalue weighted by Gasteiger charge is -2.18. The second-order valence-electron chi connectivity index (χ2n) is 7.47. The normalized spacial score (nSPS) is 14.9. The number of fused-ring (bicyclic) bond motifs is 1. The van der Waals surface area contributed by atoms with Gasteiger partial charge in [-0.3, -0.25) is 9.59 Å². The molecule has 4 rings (SSSR count). The number of hydrogen-bond donors (Lipinski definition) is 1. The Bertz CT molecular complexity index is 1070. The molecule has 0 saturated heterocycles. The maximum absolute atomic E-state index is 12.4. The number of rotatable bonds is 6. The van der Waals surface area contributed by atoms with Gasteiger partial charge in [0.05, 0.1) is 11.4 Å². The molecule has 3 aromatic rings. The highest BCUT2D eigenvalue weighted by Gasteiger charge is 2.20. The molecule has 0 atom stereocenters. The fourth-order valence-corrected chi connectivity index (χ4v) is 5.44. The Hall–Kier alpha value is -2.19. The fraction of sp³-hybridized carbons (Fsp3) is 0.429. The molecule has 0 spiro atoms. The number of carbonyl (C=O) groups excluding carboxylic acids is 1. The second kappa shape index (κ2) is 9.09. The van der Waals surface area contributed by atoms with Crippen molar-refractivity contribution in [1.82, 2.24) is 14.6 Å². The molecule has 2 aromatic heterocycles. The predicted molar refractivity (Wildman–Crippen MR) is 119 cm³/mol. The van der Waals surface area contributed by atoms with Crippen molar-refractivity contribution in [3.63, 3.8) is 0 Å². The molecule has 1 aromatic carbocycles. The van der Waals surface area contributed by atoms with Crippen LogP contribution in [0.1, 0.15) is 54.3 Å². The summed E-state index contributed by atoms with van der Waals surface area (Å²) in [6, 6.07) is 9.25. The minimum Gasteiger partial charge on any atom is -0.325 e. The van der Waals surface area contributed by atoms with E-state index in [1.54, 1.807) is 0 Å². The van der Waals surface area contributed by atoms with E-state index in [4.69, 9.17) is 0 Å². The number of benzene rings is 1. The van der Waals surface area contributed by atoms with Crippen LogP contribution in [0.5, 0.6) is 0 Å². The summed E-state index contributed by atoms with van der Waals surface area (Å²) in [7, 11) is 0. The van der Waals surface area contributed by atoms with Gasteiger partial charge >= 0.3 is 0 Å². The standard InChI is InChI=1S/C21H24N4O2S2/c1-14-6-5-9-16(10-14)22-18(26)13-28-12-17-11-19(27)25-21(23-17)29-20(24-25)15-7-3-2-4-8-15/h5-6,9-11,15H,2-4,7-8,12-13H2,1H3,(H,22,26). The van der Waals surface area contributed by atoms with E-state index in [0.717, 1.165) is 29.1 Å². The van der Waals surface area contributed by atoms with E-state index in [9.17, 15) is 9.59 Å². The third-order valence-corrected chi connectivity index (χ3v) is 7.09. The van der Waals surface area contributed by atoms with E-state index >= 15 is 0 Å². The molecule has 2 heterocycles. The molecule has 0 aliphatic heterocycles. The van der Waals surface area contributed by atoms with E-state index in [2.05, 4.69) is 15.4 Å². The van der Waals surface area contributed by atoms with Gasteiger partial charge in [0, 0.05) is 23.4 Å². The Morgan fingerprint density at radius 2 is 2.10 bits per heavy atom. The van der Waals surface area contributed by atoms with Crippen molar-refractivity contribution in [2.75, 3.05) is 11.1 Å². The summed E-state index contributed by atoms with van der Waals surface area (Å²) in [5, 5.41) is 8.45. The first-order valence-corrected chi connectivity index (χ1v) is 11.9. The first-order valence-electron chi connectivity index (χ1n) is 9.92. The molecular formula is C21H24N4O2S2. The van der Waals surface area contributed by atoms with E-state index in [-0.39, 0.29) is 11.5 Å². The average molecular weight is 429 g/mol. The van der Waals surface area contributed by atoms with Crippen molar-refractivity contribution in [3.05, 3.63) is 57.0 Å². The van der Waals surface area contributed by atoms with Crippen LogP contribution in [0, 0.1) is 6.92 Å². The lowest BCUT2D eigenvalue weighted by atomic mass is 9.90. The average Bonchev–Trinajstić information content (AvgIpc) is 3.13. The summed E-state index contributed by atoms with van der Waals surface area (Å²) in [5.74, 6) is 1.23. The van der Waals surface area contributed by atoms with Gasteiger partial charge in [0.15, 0.2) is 0 Å². The molecule has 1 aliphatic carbocycles. The predicted octanol–water partition coefficient (Wildman–Crippen LogP) is 4.38. The Morgan fingerprint density at radius 1 is 1.28 bits per heavy atom. The van der Waals surface area contributed by atoms with Gasteiger partial charge < -0.3 is 5.32 Å². The van der Waals surface area contributed by atoms with Crippen molar-refractivity contribution < 1.29 is 4.79 Å². The molecule has 0 bridgehead atoms. The number of nitrogens with one attached hydrogen (secondary N) is 1. The highest BCUT2D eigenvalue weighted by atomic mass is 32.2. The summed E-state index contributed by atoms with van der Waals surface area (Å²) in [6.07, 6.45) is 6.05. The smallest absolute Gasteiger partial charge is 0.275 e. The van der Waals surface area contributed by atoms with Crippen LogP contribution in [0.15, 0.2) is 35.1 Å². The lowest BCUT2D eigenvalue weighted by Crippen LogP contribution is -2.17. The monoisotopic (exact) mass is 428 g/mol. The van der Waals surface area contributed by atoms with E-state index in [1.807, 2.05) is 31.2 Å². The van der Waals surface area contributed by atoms with Gasteiger partial charge in [-0.25, -0.2) is 4.98 Å². The van der Waals surface area contributed by atoms with Gasteiger partial charge in [0.25, 0.3) is 5.56 Å². The van der Waals surface area contributed by atoms with E-state index in [1.165, 1.54) is 52.9 Å². The van der Waals surface area contributed by atoms with Crippen LogP contribution in [-0.2, 0) is 10.5 Å². The SMILES string of the molecule is Cc1cccc(NC(=O)CSCc2cc(=O)n3nc(C4CCCCC4)sc3n2)c1. The molecule has 0 radical (unpaired) electrons. The highest BCUT2D eigenvalue weighted by molar-refractivity contribution is 7.99. The molecule has 1 N–H and O–H groups in total. The van der Waals surface area contributed by atoms with Gasteiger partial charge in [-0.1, -0.05) is 42.7 Å². The summed E-state index contributed by atoms with van der Waals surface area (Å²) < 4.78 is 1.42. The highest BCUT2D eigenvalue weighted by Crippen LogP contribution is 2.34. The van der Waals surface area contributed by atoms with Gasteiger partial charge in [-0.2, -0.15) is 9.61 Å². The zero-order valence-corrected chi connectivity index (χ0v) is 18.0. The first kappa shape index (κ1) is 20.1. The molecule has 8 heteroatoms. The summed E-state index contributed by atoms with van der Waals surface area (Å²) in [5.41, 5.74) is 2.45. The number of amides is 1. The fourth-order valence-electron chi connectivity index (χ4n) is 3.63. The number of aromatic nitrogens is 3. The van der Waals surface area contributed by atoms with Gasteiger partial charge in [0.2, 0.25) is 10.9 Å². The largest absolute Gasteiger partial charge is 0.325 e.